The van der Waals surface area contributed by atoms with Crippen molar-refractivity contribution in [3.05, 3.63) is 0 Å². The van der Waals surface area contributed by atoms with E-state index in [0.717, 1.165) is 32.1 Å². The average molecular weight is 201 g/mol. The molecule has 2 unspecified atom stereocenters. The Balaban J connectivity index is 3.89. The number of aliphatic carboxylic acids is 1. The first-order chi connectivity index (χ1) is 6.61. The van der Waals surface area contributed by atoms with E-state index >= 15 is 0 Å². The number of hydrogen-bond donors (Lipinski definition) is 2. The van der Waals surface area contributed by atoms with Crippen LogP contribution < -0.4 is 5.32 Å². The third-order valence-corrected chi connectivity index (χ3v) is 2.35. The fourth-order valence-corrected chi connectivity index (χ4v) is 1.55. The van der Waals surface area contributed by atoms with Gasteiger partial charge in [-0.15, -0.1) is 0 Å². The largest absolute Gasteiger partial charge is 0.480 e. The molecule has 0 heterocycles. The summed E-state index contributed by atoms with van der Waals surface area (Å²) in [6, 6.07) is -0.0607. The van der Waals surface area contributed by atoms with E-state index in [1.807, 2.05) is 6.92 Å². The second-order valence-electron chi connectivity index (χ2n) is 3.89. The van der Waals surface area contributed by atoms with Crippen LogP contribution >= 0.6 is 0 Å². The van der Waals surface area contributed by atoms with Gasteiger partial charge in [0.1, 0.15) is 6.04 Å². The molecule has 3 heteroatoms. The predicted molar refractivity (Wildman–Crippen MR) is 58.5 cm³/mol. The molecular formula is C11H23NO2. The van der Waals surface area contributed by atoms with Gasteiger partial charge in [0.25, 0.3) is 0 Å². The van der Waals surface area contributed by atoms with Gasteiger partial charge < -0.3 is 10.4 Å². The number of hydrogen-bond acceptors (Lipinski definition) is 2. The molecule has 0 aliphatic heterocycles. The molecule has 0 spiro atoms. The van der Waals surface area contributed by atoms with E-state index in [-0.39, 0.29) is 6.04 Å². The summed E-state index contributed by atoms with van der Waals surface area (Å²) in [5, 5.41) is 12.1. The third kappa shape index (κ3) is 5.97. The highest BCUT2D eigenvalue weighted by atomic mass is 16.4. The zero-order valence-electron chi connectivity index (χ0n) is 9.55. The van der Waals surface area contributed by atoms with Crippen LogP contribution in [0.3, 0.4) is 0 Å². The zero-order valence-corrected chi connectivity index (χ0v) is 9.55. The van der Waals surface area contributed by atoms with E-state index in [2.05, 4.69) is 19.2 Å². The summed E-state index contributed by atoms with van der Waals surface area (Å²) in [7, 11) is 0. The van der Waals surface area contributed by atoms with E-state index in [9.17, 15) is 4.79 Å². The van der Waals surface area contributed by atoms with Crippen LogP contribution in [-0.2, 0) is 4.79 Å². The van der Waals surface area contributed by atoms with Crippen LogP contribution in [0.1, 0.15) is 52.9 Å². The lowest BCUT2D eigenvalue weighted by molar-refractivity contribution is -0.139. The molecule has 2 N–H and O–H groups in total. The van der Waals surface area contributed by atoms with Crippen LogP contribution in [0, 0.1) is 0 Å². The van der Waals surface area contributed by atoms with Crippen molar-refractivity contribution in [1.82, 2.24) is 5.32 Å². The molecule has 14 heavy (non-hydrogen) atoms. The number of unbranched alkanes of at least 4 members (excludes halogenated alkanes) is 1. The highest BCUT2D eigenvalue weighted by molar-refractivity contribution is 5.73. The van der Waals surface area contributed by atoms with E-state index in [0.29, 0.717) is 6.04 Å². The van der Waals surface area contributed by atoms with Crippen molar-refractivity contribution in [3.63, 3.8) is 0 Å². The Kier molecular flexibility index (Phi) is 7.48. The third-order valence-electron chi connectivity index (χ3n) is 2.35. The molecular weight excluding hydrogens is 178 g/mol. The van der Waals surface area contributed by atoms with Gasteiger partial charge in [0, 0.05) is 6.04 Å². The average Bonchev–Trinajstić information content (AvgIpc) is 2.12. The smallest absolute Gasteiger partial charge is 0.320 e. The van der Waals surface area contributed by atoms with Crippen molar-refractivity contribution in [1.29, 1.82) is 0 Å². The highest BCUT2D eigenvalue weighted by Gasteiger charge is 2.17. The highest BCUT2D eigenvalue weighted by Crippen LogP contribution is 2.04. The predicted octanol–water partition coefficient (Wildman–Crippen LogP) is 2.41. The Labute approximate surface area is 86.9 Å². The standard InChI is InChI=1S/C11H23NO2/c1-4-6-8-10(11(13)14)12-9(3)7-5-2/h9-10,12H,4-8H2,1-3H3,(H,13,14). The summed E-state index contributed by atoms with van der Waals surface area (Å²) >= 11 is 0. The van der Waals surface area contributed by atoms with E-state index in [1.54, 1.807) is 0 Å². The summed E-state index contributed by atoms with van der Waals surface area (Å²) in [6.45, 7) is 6.24. The van der Waals surface area contributed by atoms with E-state index in [4.69, 9.17) is 5.11 Å². The summed E-state index contributed by atoms with van der Waals surface area (Å²) in [5.41, 5.74) is 0. The summed E-state index contributed by atoms with van der Waals surface area (Å²) in [5.74, 6) is -0.721. The minimum atomic E-state index is -0.721. The fraction of sp³-hybridized carbons (Fsp3) is 0.909. The van der Waals surface area contributed by atoms with Gasteiger partial charge in [-0.2, -0.15) is 0 Å². The topological polar surface area (TPSA) is 49.3 Å². The summed E-state index contributed by atoms with van der Waals surface area (Å²) < 4.78 is 0. The maximum atomic E-state index is 10.9. The zero-order chi connectivity index (χ0) is 11.0. The molecule has 0 saturated heterocycles. The van der Waals surface area contributed by atoms with Crippen LogP contribution in [-0.4, -0.2) is 23.2 Å². The van der Waals surface area contributed by atoms with E-state index in [1.165, 1.54) is 0 Å². The molecule has 0 amide bonds. The molecule has 0 saturated carbocycles. The second kappa shape index (κ2) is 7.80. The molecule has 0 radical (unpaired) electrons. The van der Waals surface area contributed by atoms with Crippen LogP contribution in [0.25, 0.3) is 0 Å². The molecule has 0 fully saturated rings. The monoisotopic (exact) mass is 201 g/mol. The van der Waals surface area contributed by atoms with Crippen LogP contribution in [0.4, 0.5) is 0 Å². The number of rotatable bonds is 8. The molecule has 3 nitrogen and oxygen atoms in total. The number of carboxylic acid groups (broad SMARTS) is 1. The first kappa shape index (κ1) is 13.4. The number of nitrogens with one attached hydrogen (secondary N) is 1. The van der Waals surface area contributed by atoms with Crippen molar-refractivity contribution < 1.29 is 9.90 Å². The Morgan fingerprint density at radius 3 is 2.36 bits per heavy atom. The van der Waals surface area contributed by atoms with Crippen molar-refractivity contribution in [3.8, 4) is 0 Å². The molecule has 0 aliphatic rings. The molecule has 2 atom stereocenters. The van der Waals surface area contributed by atoms with Crippen LogP contribution in [0.2, 0.25) is 0 Å². The summed E-state index contributed by atoms with van der Waals surface area (Å²) in [6.07, 6.45) is 4.89. The lowest BCUT2D eigenvalue weighted by Crippen LogP contribution is -2.41. The van der Waals surface area contributed by atoms with Crippen LogP contribution in [0.5, 0.6) is 0 Å². The Bertz CT molecular complexity index is 159. The van der Waals surface area contributed by atoms with Gasteiger partial charge in [-0.3, -0.25) is 4.79 Å². The lowest BCUT2D eigenvalue weighted by Gasteiger charge is -2.19. The quantitative estimate of drug-likeness (QED) is 0.634. The Morgan fingerprint density at radius 1 is 1.29 bits per heavy atom. The Morgan fingerprint density at radius 2 is 1.93 bits per heavy atom. The normalized spacial score (nSPS) is 15.1. The van der Waals surface area contributed by atoms with Gasteiger partial charge in [0.2, 0.25) is 0 Å². The molecule has 0 aliphatic carbocycles. The minimum Gasteiger partial charge on any atom is -0.480 e. The molecule has 84 valence electrons. The maximum Gasteiger partial charge on any atom is 0.320 e. The maximum absolute atomic E-state index is 10.9. The summed E-state index contributed by atoms with van der Waals surface area (Å²) in [4.78, 5) is 10.9. The van der Waals surface area contributed by atoms with Gasteiger partial charge >= 0.3 is 5.97 Å². The number of carbonyl (C=O) groups is 1. The van der Waals surface area contributed by atoms with Gasteiger partial charge in [-0.25, -0.2) is 0 Å². The van der Waals surface area contributed by atoms with Gasteiger partial charge in [-0.05, 0) is 19.8 Å². The molecule has 0 aromatic rings. The first-order valence-electron chi connectivity index (χ1n) is 5.60. The SMILES string of the molecule is CCCCC(NC(C)CCC)C(=O)O. The molecule has 0 aromatic heterocycles. The Hall–Kier alpha value is -0.570. The molecule has 0 rings (SSSR count). The number of carboxylic acids is 1. The lowest BCUT2D eigenvalue weighted by atomic mass is 10.1. The van der Waals surface area contributed by atoms with E-state index < -0.39 is 5.97 Å². The second-order valence-corrected chi connectivity index (χ2v) is 3.89. The fourth-order valence-electron chi connectivity index (χ4n) is 1.55. The van der Waals surface area contributed by atoms with Crippen molar-refractivity contribution in [2.75, 3.05) is 0 Å². The van der Waals surface area contributed by atoms with Crippen molar-refractivity contribution in [2.24, 2.45) is 0 Å². The van der Waals surface area contributed by atoms with Gasteiger partial charge in [0.05, 0.1) is 0 Å². The molecule has 0 bridgehead atoms. The van der Waals surface area contributed by atoms with Crippen LogP contribution in [0.15, 0.2) is 0 Å². The van der Waals surface area contributed by atoms with Crippen molar-refractivity contribution >= 4 is 5.97 Å². The minimum absolute atomic E-state index is 0.304. The van der Waals surface area contributed by atoms with Gasteiger partial charge in [0.15, 0.2) is 0 Å². The van der Waals surface area contributed by atoms with Gasteiger partial charge in [-0.1, -0.05) is 33.1 Å². The first-order valence-corrected chi connectivity index (χ1v) is 5.60. The van der Waals surface area contributed by atoms with Crippen molar-refractivity contribution in [2.45, 2.75) is 65.0 Å². The molecule has 0 aromatic carbocycles.